The van der Waals surface area contributed by atoms with Crippen LogP contribution >= 0.6 is 11.8 Å². The quantitative estimate of drug-likeness (QED) is 0.404. The van der Waals surface area contributed by atoms with Gasteiger partial charge < -0.3 is 25.2 Å². The molecule has 0 aliphatic carbocycles. The molecule has 9 nitrogen and oxygen atoms in total. The van der Waals surface area contributed by atoms with E-state index >= 15 is 0 Å². The molecule has 0 radical (unpaired) electrons. The number of amides is 1. The molecule has 1 aromatic carbocycles. The Hall–Kier alpha value is -3.01. The van der Waals surface area contributed by atoms with E-state index in [1.54, 1.807) is 51.2 Å². The topological polar surface area (TPSA) is 146 Å². The van der Waals surface area contributed by atoms with Crippen molar-refractivity contribution < 1.29 is 34.5 Å². The molecule has 2 aromatic rings. The second-order valence-corrected chi connectivity index (χ2v) is 9.15. The third kappa shape index (κ3) is 6.24. The van der Waals surface area contributed by atoms with Crippen LogP contribution in [0.25, 0.3) is 10.8 Å². The maximum absolute atomic E-state index is 12.2. The van der Waals surface area contributed by atoms with Crippen LogP contribution in [0.5, 0.6) is 0 Å². The van der Waals surface area contributed by atoms with Crippen molar-refractivity contribution in [1.29, 1.82) is 0 Å². The van der Waals surface area contributed by atoms with Crippen LogP contribution in [0.3, 0.4) is 0 Å². The normalized spacial score (nSPS) is 13.5. The minimum absolute atomic E-state index is 0.0313. The Bertz CT molecular complexity index is 993. The standard InChI is InChI=1S/C21H26N2O7S/c1-21(2,3)20(30)22-14(18(26)27)11-31-17-13-7-5-4-6-12(13)10-23(17)15(19(28)29)8-9-16(24)25/h4-7,10,14-15H,8-9,11H2,1-3H3,(H,22,30)(H,24,25)(H,26,27)(H,28,29)/t14-,15?/m0/s1. The van der Waals surface area contributed by atoms with Crippen LogP contribution in [0.4, 0.5) is 0 Å². The van der Waals surface area contributed by atoms with Gasteiger partial charge >= 0.3 is 17.9 Å². The summed E-state index contributed by atoms with van der Waals surface area (Å²) in [6.45, 7) is 5.02. The van der Waals surface area contributed by atoms with Crippen LogP contribution in [0.2, 0.25) is 0 Å². The number of carboxylic acids is 3. The Morgan fingerprint density at radius 2 is 1.71 bits per heavy atom. The highest BCUT2D eigenvalue weighted by atomic mass is 32.2. The van der Waals surface area contributed by atoms with Gasteiger partial charge in [0, 0.05) is 34.6 Å². The van der Waals surface area contributed by atoms with Crippen molar-refractivity contribution in [3.8, 4) is 0 Å². The molecular weight excluding hydrogens is 424 g/mol. The molecule has 168 valence electrons. The summed E-state index contributed by atoms with van der Waals surface area (Å²) < 4.78 is 1.48. The van der Waals surface area contributed by atoms with E-state index < -0.39 is 41.3 Å². The first-order chi connectivity index (χ1) is 14.4. The summed E-state index contributed by atoms with van der Waals surface area (Å²) >= 11 is 1.11. The lowest BCUT2D eigenvalue weighted by atomic mass is 9.95. The van der Waals surface area contributed by atoms with E-state index in [2.05, 4.69) is 5.32 Å². The SMILES string of the molecule is CC(C)(C)C(=O)N[C@@H](CSc1c2ccccc2cn1C(CCC(=O)O)C(=O)O)C(=O)O. The number of aliphatic carboxylic acids is 3. The van der Waals surface area contributed by atoms with E-state index in [-0.39, 0.29) is 18.6 Å². The van der Waals surface area contributed by atoms with E-state index in [1.807, 2.05) is 0 Å². The van der Waals surface area contributed by atoms with Gasteiger partial charge in [-0.2, -0.15) is 0 Å². The predicted octanol–water partition coefficient (Wildman–Crippen LogP) is 2.84. The molecule has 2 atom stereocenters. The monoisotopic (exact) mass is 450 g/mol. The number of thioether (sulfide) groups is 1. The maximum Gasteiger partial charge on any atom is 0.327 e. The smallest absolute Gasteiger partial charge is 0.327 e. The number of carbonyl (C=O) groups excluding carboxylic acids is 1. The molecule has 0 saturated carbocycles. The van der Waals surface area contributed by atoms with E-state index in [9.17, 15) is 29.4 Å². The summed E-state index contributed by atoms with van der Waals surface area (Å²) in [4.78, 5) is 46.8. The molecule has 1 amide bonds. The zero-order chi connectivity index (χ0) is 23.3. The van der Waals surface area contributed by atoms with Gasteiger partial charge in [0.15, 0.2) is 0 Å². The van der Waals surface area contributed by atoms with Crippen molar-refractivity contribution >= 4 is 46.3 Å². The minimum atomic E-state index is -1.20. The van der Waals surface area contributed by atoms with E-state index in [0.29, 0.717) is 5.03 Å². The molecule has 0 fully saturated rings. The van der Waals surface area contributed by atoms with Crippen molar-refractivity contribution in [2.75, 3.05) is 5.75 Å². The summed E-state index contributed by atoms with van der Waals surface area (Å²) in [5.41, 5.74) is -0.767. The van der Waals surface area contributed by atoms with E-state index in [0.717, 1.165) is 22.5 Å². The van der Waals surface area contributed by atoms with Crippen LogP contribution in [0.15, 0.2) is 35.5 Å². The molecule has 1 heterocycles. The molecule has 0 saturated heterocycles. The summed E-state index contributed by atoms with van der Waals surface area (Å²) in [6, 6.07) is 4.84. The fourth-order valence-corrected chi connectivity index (χ4v) is 4.11. The number of carbonyl (C=O) groups is 4. The molecule has 0 bridgehead atoms. The van der Waals surface area contributed by atoms with Gasteiger partial charge in [0.25, 0.3) is 0 Å². The van der Waals surface area contributed by atoms with Gasteiger partial charge in [0.2, 0.25) is 5.91 Å². The largest absolute Gasteiger partial charge is 0.481 e. The highest BCUT2D eigenvalue weighted by molar-refractivity contribution is 7.99. The summed E-state index contributed by atoms with van der Waals surface area (Å²) in [7, 11) is 0. The van der Waals surface area contributed by atoms with Crippen molar-refractivity contribution in [3.05, 3.63) is 30.5 Å². The Labute approximate surface area is 183 Å². The Balaban J connectivity index is 2.37. The fraction of sp³-hybridized carbons (Fsp3) is 0.429. The third-order valence-corrected chi connectivity index (χ3v) is 5.83. The molecule has 1 unspecified atom stereocenters. The van der Waals surface area contributed by atoms with Crippen molar-refractivity contribution in [2.24, 2.45) is 5.41 Å². The first kappa shape index (κ1) is 24.3. The molecule has 10 heteroatoms. The number of nitrogens with one attached hydrogen (secondary N) is 1. The van der Waals surface area contributed by atoms with Gasteiger partial charge in [-0.25, -0.2) is 9.59 Å². The van der Waals surface area contributed by atoms with E-state index in [1.165, 1.54) is 4.57 Å². The van der Waals surface area contributed by atoms with Crippen molar-refractivity contribution in [2.45, 2.75) is 50.7 Å². The molecule has 31 heavy (non-hydrogen) atoms. The third-order valence-electron chi connectivity index (χ3n) is 4.63. The number of fused-ring (bicyclic) bond motifs is 1. The Morgan fingerprint density at radius 3 is 2.26 bits per heavy atom. The summed E-state index contributed by atoms with van der Waals surface area (Å²) in [5, 5.41) is 32.7. The number of carboxylic acid groups (broad SMARTS) is 3. The molecule has 0 aliphatic rings. The van der Waals surface area contributed by atoms with Gasteiger partial charge in [0.05, 0.1) is 5.03 Å². The zero-order valence-corrected chi connectivity index (χ0v) is 18.3. The average molecular weight is 451 g/mol. The molecular formula is C21H26N2O7S. The van der Waals surface area contributed by atoms with Crippen molar-refractivity contribution in [3.63, 3.8) is 0 Å². The second kappa shape index (κ2) is 9.86. The molecule has 4 N–H and O–H groups in total. The fourth-order valence-electron chi connectivity index (χ4n) is 2.89. The predicted molar refractivity (Wildman–Crippen MR) is 115 cm³/mol. The first-order valence-corrected chi connectivity index (χ1v) is 10.6. The van der Waals surface area contributed by atoms with Crippen LogP contribution in [0.1, 0.15) is 39.7 Å². The van der Waals surface area contributed by atoms with Gasteiger partial charge in [-0.1, -0.05) is 45.0 Å². The van der Waals surface area contributed by atoms with E-state index in [4.69, 9.17) is 5.11 Å². The van der Waals surface area contributed by atoms with Crippen molar-refractivity contribution in [1.82, 2.24) is 9.88 Å². The Kier molecular flexibility index (Phi) is 7.72. The number of rotatable bonds is 10. The summed E-state index contributed by atoms with van der Waals surface area (Å²) in [5.74, 6) is -3.93. The first-order valence-electron chi connectivity index (χ1n) is 9.62. The lowest BCUT2D eigenvalue weighted by molar-refractivity contribution is -0.143. The molecule has 0 spiro atoms. The van der Waals surface area contributed by atoms with Crippen LogP contribution in [0, 0.1) is 5.41 Å². The Morgan fingerprint density at radius 1 is 1.06 bits per heavy atom. The number of hydrogen-bond donors (Lipinski definition) is 4. The highest BCUT2D eigenvalue weighted by Crippen LogP contribution is 2.34. The maximum atomic E-state index is 12.2. The molecule has 1 aromatic heterocycles. The highest BCUT2D eigenvalue weighted by Gasteiger charge is 2.29. The van der Waals surface area contributed by atoms with Gasteiger partial charge in [0.1, 0.15) is 12.1 Å². The van der Waals surface area contributed by atoms with Gasteiger partial charge in [-0.3, -0.25) is 9.59 Å². The average Bonchev–Trinajstić information content (AvgIpc) is 3.01. The minimum Gasteiger partial charge on any atom is -0.481 e. The molecule has 2 rings (SSSR count). The zero-order valence-electron chi connectivity index (χ0n) is 17.5. The van der Waals surface area contributed by atoms with Crippen LogP contribution in [-0.4, -0.2) is 55.5 Å². The number of nitrogens with zero attached hydrogens (tertiary/aromatic N) is 1. The number of benzene rings is 1. The van der Waals surface area contributed by atoms with Gasteiger partial charge in [-0.05, 0) is 6.42 Å². The van der Waals surface area contributed by atoms with Crippen LogP contribution < -0.4 is 5.32 Å². The number of aromatic nitrogens is 1. The molecule has 0 aliphatic heterocycles. The number of hydrogen-bond acceptors (Lipinski definition) is 5. The lowest BCUT2D eigenvalue weighted by Crippen LogP contribution is -2.47. The summed E-state index contributed by atoms with van der Waals surface area (Å²) in [6.07, 6.45) is 1.18. The second-order valence-electron chi connectivity index (χ2n) is 8.14. The lowest BCUT2D eigenvalue weighted by Gasteiger charge is -2.22. The van der Waals surface area contributed by atoms with Crippen LogP contribution in [-0.2, 0) is 19.2 Å². The van der Waals surface area contributed by atoms with Gasteiger partial charge in [-0.15, -0.1) is 11.8 Å².